The maximum absolute atomic E-state index is 12.8. The summed E-state index contributed by atoms with van der Waals surface area (Å²) >= 11 is 0. The molecule has 156 valence electrons. The summed E-state index contributed by atoms with van der Waals surface area (Å²) in [6.45, 7) is 1.95. The minimum atomic E-state index is -0.0916. The van der Waals surface area contributed by atoms with Gasteiger partial charge >= 0.3 is 0 Å². The van der Waals surface area contributed by atoms with E-state index >= 15 is 0 Å². The van der Waals surface area contributed by atoms with E-state index in [-0.39, 0.29) is 23.8 Å². The second-order valence-corrected chi connectivity index (χ2v) is 8.05. The molecule has 0 unspecified atom stereocenters. The predicted octanol–water partition coefficient (Wildman–Crippen LogP) is 2.37. The molecule has 1 aromatic heterocycles. The molecule has 2 aromatic rings. The van der Waals surface area contributed by atoms with Crippen LogP contribution in [0.1, 0.15) is 42.7 Å². The van der Waals surface area contributed by atoms with Crippen molar-refractivity contribution < 1.29 is 14.3 Å². The van der Waals surface area contributed by atoms with Crippen molar-refractivity contribution in [2.75, 3.05) is 20.2 Å². The van der Waals surface area contributed by atoms with Gasteiger partial charge in [0.15, 0.2) is 11.5 Å². The molecule has 0 bridgehead atoms. The third-order valence-corrected chi connectivity index (χ3v) is 5.99. The Balaban J connectivity index is 1.37. The Morgan fingerprint density at radius 1 is 1.28 bits per heavy atom. The van der Waals surface area contributed by atoms with Crippen molar-refractivity contribution in [3.8, 4) is 11.5 Å². The number of hydrogen-bond acceptors (Lipinski definition) is 5. The number of hydrogen-bond donors (Lipinski definition) is 2. The highest BCUT2D eigenvalue weighted by Gasteiger charge is 2.34. The van der Waals surface area contributed by atoms with Gasteiger partial charge in [0, 0.05) is 38.8 Å². The van der Waals surface area contributed by atoms with Crippen LogP contribution in [0, 0.1) is 5.92 Å². The van der Waals surface area contributed by atoms with Crippen LogP contribution in [-0.2, 0) is 18.4 Å². The van der Waals surface area contributed by atoms with Crippen molar-refractivity contribution in [3.05, 3.63) is 41.7 Å². The van der Waals surface area contributed by atoms with Gasteiger partial charge in [0.05, 0.1) is 25.3 Å². The van der Waals surface area contributed by atoms with Gasteiger partial charge in [-0.15, -0.1) is 0 Å². The van der Waals surface area contributed by atoms with Gasteiger partial charge < -0.3 is 20.1 Å². The van der Waals surface area contributed by atoms with Crippen LogP contribution in [0.5, 0.6) is 11.5 Å². The number of benzene rings is 1. The lowest BCUT2D eigenvalue weighted by Gasteiger charge is -2.18. The van der Waals surface area contributed by atoms with Crippen LogP contribution in [0.3, 0.4) is 0 Å². The monoisotopic (exact) mass is 398 g/mol. The van der Waals surface area contributed by atoms with E-state index in [1.165, 1.54) is 12.8 Å². The van der Waals surface area contributed by atoms with Gasteiger partial charge in [-0.05, 0) is 48.9 Å². The zero-order valence-electron chi connectivity index (χ0n) is 17.2. The largest absolute Gasteiger partial charge is 0.493 e. The van der Waals surface area contributed by atoms with Gasteiger partial charge in [-0.25, -0.2) is 0 Å². The van der Waals surface area contributed by atoms with E-state index in [2.05, 4.69) is 15.7 Å². The SMILES string of the molecule is COc1cc(CNC(=O)[C@H]2CNC[C@@H]2c2cnn(C)c2)ccc1OC1CCCC1. The van der Waals surface area contributed by atoms with E-state index < -0.39 is 0 Å². The zero-order chi connectivity index (χ0) is 20.2. The molecule has 1 aliphatic carbocycles. The molecule has 0 spiro atoms. The van der Waals surface area contributed by atoms with Crippen molar-refractivity contribution in [3.63, 3.8) is 0 Å². The van der Waals surface area contributed by atoms with Crippen LogP contribution >= 0.6 is 0 Å². The number of ether oxygens (including phenoxy) is 2. The molecule has 4 rings (SSSR count). The number of carbonyl (C=O) groups excluding carboxylic acids is 1. The quantitative estimate of drug-likeness (QED) is 0.749. The molecule has 1 amide bonds. The van der Waals surface area contributed by atoms with Crippen LogP contribution in [0.25, 0.3) is 0 Å². The summed E-state index contributed by atoms with van der Waals surface area (Å²) in [6, 6.07) is 5.91. The summed E-state index contributed by atoms with van der Waals surface area (Å²) in [6.07, 6.45) is 8.80. The minimum Gasteiger partial charge on any atom is -0.493 e. The Labute approximate surface area is 171 Å². The Kier molecular flexibility index (Phi) is 6.04. The first-order chi connectivity index (χ1) is 14.1. The zero-order valence-corrected chi connectivity index (χ0v) is 17.2. The van der Waals surface area contributed by atoms with Gasteiger partial charge in [-0.3, -0.25) is 9.48 Å². The van der Waals surface area contributed by atoms with Crippen molar-refractivity contribution in [2.24, 2.45) is 13.0 Å². The molecule has 29 heavy (non-hydrogen) atoms. The molecule has 2 atom stereocenters. The molecule has 7 nitrogen and oxygen atoms in total. The molecule has 1 aromatic carbocycles. The molecule has 2 heterocycles. The molecule has 1 saturated heterocycles. The number of rotatable bonds is 7. The highest BCUT2D eigenvalue weighted by atomic mass is 16.5. The van der Waals surface area contributed by atoms with Gasteiger partial charge in [0.2, 0.25) is 5.91 Å². The Bertz CT molecular complexity index is 844. The summed E-state index contributed by atoms with van der Waals surface area (Å²) in [4.78, 5) is 12.8. The van der Waals surface area contributed by atoms with Crippen LogP contribution in [0.2, 0.25) is 0 Å². The Morgan fingerprint density at radius 3 is 2.83 bits per heavy atom. The summed E-state index contributed by atoms with van der Waals surface area (Å²) in [5.41, 5.74) is 2.10. The van der Waals surface area contributed by atoms with E-state index in [0.717, 1.165) is 42.0 Å². The van der Waals surface area contributed by atoms with Crippen molar-refractivity contribution in [2.45, 2.75) is 44.2 Å². The fourth-order valence-electron chi connectivity index (χ4n) is 4.36. The number of methoxy groups -OCH3 is 1. The molecular weight excluding hydrogens is 368 g/mol. The third kappa shape index (κ3) is 4.56. The lowest BCUT2D eigenvalue weighted by Crippen LogP contribution is -2.33. The average molecular weight is 399 g/mol. The van der Waals surface area contributed by atoms with E-state index in [1.54, 1.807) is 11.8 Å². The van der Waals surface area contributed by atoms with Gasteiger partial charge in [0.25, 0.3) is 0 Å². The second-order valence-electron chi connectivity index (χ2n) is 8.05. The molecule has 1 saturated carbocycles. The van der Waals surface area contributed by atoms with Crippen molar-refractivity contribution in [1.29, 1.82) is 0 Å². The highest BCUT2D eigenvalue weighted by Crippen LogP contribution is 2.32. The summed E-state index contributed by atoms with van der Waals surface area (Å²) in [7, 11) is 3.55. The first-order valence-electron chi connectivity index (χ1n) is 10.4. The van der Waals surface area contributed by atoms with Crippen LogP contribution in [0.4, 0.5) is 0 Å². The van der Waals surface area contributed by atoms with Gasteiger partial charge in [-0.1, -0.05) is 6.07 Å². The molecule has 2 aliphatic rings. The molecule has 0 radical (unpaired) electrons. The standard InChI is InChI=1S/C22H30N4O3/c1-26-14-16(11-25-26)18-12-23-13-19(18)22(27)24-10-15-7-8-20(21(9-15)28-2)29-17-5-3-4-6-17/h7-9,11,14,17-19,23H,3-6,10,12-13H2,1-2H3,(H,24,27)/t18-,19+/m1/s1. The van der Waals surface area contributed by atoms with Gasteiger partial charge in [-0.2, -0.15) is 5.10 Å². The molecular formula is C22H30N4O3. The smallest absolute Gasteiger partial charge is 0.225 e. The van der Waals surface area contributed by atoms with Gasteiger partial charge in [0.1, 0.15) is 0 Å². The fourth-order valence-corrected chi connectivity index (χ4v) is 4.36. The fraction of sp³-hybridized carbons (Fsp3) is 0.545. The maximum Gasteiger partial charge on any atom is 0.225 e. The number of aromatic nitrogens is 2. The molecule has 1 aliphatic heterocycles. The van der Waals surface area contributed by atoms with Crippen LogP contribution < -0.4 is 20.1 Å². The van der Waals surface area contributed by atoms with Crippen LogP contribution in [-0.4, -0.2) is 42.0 Å². The van der Waals surface area contributed by atoms with E-state index in [1.807, 2.05) is 37.6 Å². The van der Waals surface area contributed by atoms with Crippen molar-refractivity contribution >= 4 is 5.91 Å². The Hall–Kier alpha value is -2.54. The molecule has 7 heteroatoms. The lowest BCUT2D eigenvalue weighted by molar-refractivity contribution is -0.125. The third-order valence-electron chi connectivity index (χ3n) is 5.99. The molecule has 2 fully saturated rings. The highest BCUT2D eigenvalue weighted by molar-refractivity contribution is 5.80. The Morgan fingerprint density at radius 2 is 2.10 bits per heavy atom. The van der Waals surface area contributed by atoms with E-state index in [9.17, 15) is 4.79 Å². The first-order valence-corrected chi connectivity index (χ1v) is 10.4. The topological polar surface area (TPSA) is 77.4 Å². The minimum absolute atomic E-state index is 0.0640. The summed E-state index contributed by atoms with van der Waals surface area (Å²) < 4.78 is 13.4. The number of nitrogens with zero attached hydrogens (tertiary/aromatic N) is 2. The number of aryl methyl sites for hydroxylation is 1. The van der Waals surface area contributed by atoms with Crippen molar-refractivity contribution in [1.82, 2.24) is 20.4 Å². The maximum atomic E-state index is 12.8. The number of nitrogens with one attached hydrogen (secondary N) is 2. The summed E-state index contributed by atoms with van der Waals surface area (Å²) in [5, 5.41) is 10.7. The predicted molar refractivity (Wildman–Crippen MR) is 110 cm³/mol. The average Bonchev–Trinajstić information content (AvgIpc) is 3.48. The summed E-state index contributed by atoms with van der Waals surface area (Å²) in [5.74, 6) is 1.63. The van der Waals surface area contributed by atoms with E-state index in [0.29, 0.717) is 13.1 Å². The number of carbonyl (C=O) groups is 1. The van der Waals surface area contributed by atoms with E-state index in [4.69, 9.17) is 9.47 Å². The first kappa shape index (κ1) is 19.8. The van der Waals surface area contributed by atoms with Crippen LogP contribution in [0.15, 0.2) is 30.6 Å². The second kappa shape index (κ2) is 8.86. The number of amides is 1. The molecule has 2 N–H and O–H groups in total. The lowest BCUT2D eigenvalue weighted by atomic mass is 9.90. The normalized spacial score (nSPS) is 22.0.